The molecular weight excluding hydrogens is 255 g/mol. The summed E-state index contributed by atoms with van der Waals surface area (Å²) < 4.78 is 13.9. The van der Waals surface area contributed by atoms with Gasteiger partial charge in [0.25, 0.3) is 5.69 Å². The van der Waals surface area contributed by atoms with E-state index in [9.17, 15) is 24.4 Å². The standard InChI is InChI=1S/C12H13FN2O4/c1-12(11(16)17)5-2-6-14(12)10-4-3-8(15(18)19)7-9(10)13/h3-4,7H,2,5-6H2,1H3,(H,16,17). The van der Waals surface area contributed by atoms with Crippen LogP contribution in [0.3, 0.4) is 0 Å². The zero-order chi connectivity index (χ0) is 14.2. The lowest BCUT2D eigenvalue weighted by molar-refractivity contribution is -0.385. The van der Waals surface area contributed by atoms with Gasteiger partial charge in [0.1, 0.15) is 5.54 Å². The maximum atomic E-state index is 13.9. The first-order chi connectivity index (χ1) is 8.86. The molecule has 0 bridgehead atoms. The second kappa shape index (κ2) is 4.49. The Balaban J connectivity index is 2.42. The van der Waals surface area contributed by atoms with Crippen LogP contribution in [0.1, 0.15) is 19.8 Å². The molecule has 0 radical (unpaired) electrons. The number of hydrogen-bond acceptors (Lipinski definition) is 4. The van der Waals surface area contributed by atoms with Gasteiger partial charge in [-0.1, -0.05) is 0 Å². The van der Waals surface area contributed by atoms with Crippen molar-refractivity contribution in [1.82, 2.24) is 0 Å². The molecule has 1 aromatic rings. The van der Waals surface area contributed by atoms with Gasteiger partial charge in [-0.05, 0) is 25.8 Å². The number of carboxylic acids is 1. The van der Waals surface area contributed by atoms with E-state index in [2.05, 4.69) is 0 Å². The van der Waals surface area contributed by atoms with Gasteiger partial charge >= 0.3 is 5.97 Å². The van der Waals surface area contributed by atoms with Crippen molar-refractivity contribution in [2.24, 2.45) is 0 Å². The Kier molecular flexibility index (Phi) is 3.13. The van der Waals surface area contributed by atoms with Crippen LogP contribution in [0.5, 0.6) is 0 Å². The normalized spacial score (nSPS) is 22.5. The highest BCUT2D eigenvalue weighted by Gasteiger charge is 2.44. The second-order valence-corrected chi connectivity index (χ2v) is 4.73. The van der Waals surface area contributed by atoms with Crippen molar-refractivity contribution in [3.8, 4) is 0 Å². The van der Waals surface area contributed by atoms with Crippen molar-refractivity contribution in [2.75, 3.05) is 11.4 Å². The van der Waals surface area contributed by atoms with E-state index >= 15 is 0 Å². The van der Waals surface area contributed by atoms with Crippen LogP contribution in [0.15, 0.2) is 18.2 Å². The molecule has 1 aromatic carbocycles. The van der Waals surface area contributed by atoms with Gasteiger partial charge in [0.05, 0.1) is 16.7 Å². The van der Waals surface area contributed by atoms with Crippen LogP contribution in [0.25, 0.3) is 0 Å². The highest BCUT2D eigenvalue weighted by molar-refractivity contribution is 5.84. The van der Waals surface area contributed by atoms with Crippen LogP contribution in [0.4, 0.5) is 15.8 Å². The highest BCUT2D eigenvalue weighted by atomic mass is 19.1. The predicted molar refractivity (Wildman–Crippen MR) is 65.7 cm³/mol. The average molecular weight is 268 g/mol. The monoisotopic (exact) mass is 268 g/mol. The minimum atomic E-state index is -1.17. The van der Waals surface area contributed by atoms with Crippen molar-refractivity contribution >= 4 is 17.3 Å². The minimum absolute atomic E-state index is 0.0907. The maximum absolute atomic E-state index is 13.9. The van der Waals surface area contributed by atoms with Crippen LogP contribution >= 0.6 is 0 Å². The van der Waals surface area contributed by atoms with Gasteiger partial charge in [-0.25, -0.2) is 9.18 Å². The molecular formula is C12H13FN2O4. The lowest BCUT2D eigenvalue weighted by Gasteiger charge is -2.33. The molecule has 1 saturated heterocycles. The smallest absolute Gasteiger partial charge is 0.329 e. The molecule has 1 N–H and O–H groups in total. The topological polar surface area (TPSA) is 83.7 Å². The van der Waals surface area contributed by atoms with Crippen LogP contribution < -0.4 is 4.90 Å². The fourth-order valence-electron chi connectivity index (χ4n) is 2.40. The number of non-ortho nitro benzene ring substituents is 1. The van der Waals surface area contributed by atoms with Crippen LogP contribution in [-0.4, -0.2) is 28.1 Å². The predicted octanol–water partition coefficient (Wildman–Crippen LogP) is 2.18. The number of nitrogens with zero attached hydrogens (tertiary/aromatic N) is 2. The summed E-state index contributed by atoms with van der Waals surface area (Å²) in [5.41, 5.74) is -1.43. The van der Waals surface area contributed by atoms with Gasteiger partial charge < -0.3 is 10.0 Å². The molecule has 1 unspecified atom stereocenters. The molecule has 2 rings (SSSR count). The SMILES string of the molecule is CC1(C(=O)O)CCCN1c1ccc([N+](=O)[O-])cc1F. The molecule has 0 amide bonds. The Labute approximate surface area is 108 Å². The number of hydrogen-bond donors (Lipinski definition) is 1. The third-order valence-corrected chi connectivity index (χ3v) is 3.53. The van der Waals surface area contributed by atoms with Crippen molar-refractivity contribution in [1.29, 1.82) is 0 Å². The van der Waals surface area contributed by atoms with Gasteiger partial charge in [0.2, 0.25) is 0 Å². The summed E-state index contributed by atoms with van der Waals surface area (Å²) in [4.78, 5) is 22.6. The molecule has 7 heteroatoms. The lowest BCUT2D eigenvalue weighted by atomic mass is 9.98. The molecule has 102 valence electrons. The Bertz CT molecular complexity index is 549. The van der Waals surface area contributed by atoms with Crippen LogP contribution in [0, 0.1) is 15.9 Å². The summed E-state index contributed by atoms with van der Waals surface area (Å²) in [7, 11) is 0. The number of rotatable bonds is 3. The van der Waals surface area contributed by atoms with Crippen LogP contribution in [-0.2, 0) is 4.79 Å². The van der Waals surface area contributed by atoms with E-state index in [1.807, 2.05) is 0 Å². The fourth-order valence-corrected chi connectivity index (χ4v) is 2.40. The fraction of sp³-hybridized carbons (Fsp3) is 0.417. The Hall–Kier alpha value is -2.18. The quantitative estimate of drug-likeness (QED) is 0.671. The third-order valence-electron chi connectivity index (χ3n) is 3.53. The summed E-state index contributed by atoms with van der Waals surface area (Å²) >= 11 is 0. The Morgan fingerprint density at radius 3 is 2.79 bits per heavy atom. The molecule has 19 heavy (non-hydrogen) atoms. The zero-order valence-corrected chi connectivity index (χ0v) is 10.3. The molecule has 0 saturated carbocycles. The number of benzene rings is 1. The first-order valence-corrected chi connectivity index (χ1v) is 5.81. The maximum Gasteiger partial charge on any atom is 0.329 e. The van der Waals surface area contributed by atoms with Gasteiger partial charge in [-0.3, -0.25) is 10.1 Å². The van der Waals surface area contributed by atoms with Crippen molar-refractivity contribution in [3.05, 3.63) is 34.1 Å². The first kappa shape index (κ1) is 13.3. The lowest BCUT2D eigenvalue weighted by Crippen LogP contribution is -2.48. The van der Waals surface area contributed by atoms with Crippen molar-refractivity contribution < 1.29 is 19.2 Å². The molecule has 1 atom stereocenters. The van der Waals surface area contributed by atoms with Crippen LogP contribution in [0.2, 0.25) is 0 Å². The number of anilines is 1. The van der Waals surface area contributed by atoms with E-state index < -0.39 is 22.2 Å². The number of carbonyl (C=O) groups is 1. The molecule has 0 aromatic heterocycles. The molecule has 1 heterocycles. The molecule has 1 aliphatic rings. The van der Waals surface area contributed by atoms with Crippen molar-refractivity contribution in [3.63, 3.8) is 0 Å². The number of carboxylic acid groups (broad SMARTS) is 1. The summed E-state index contributed by atoms with van der Waals surface area (Å²) in [6.07, 6.45) is 1.05. The number of nitro benzene ring substituents is 1. The number of aliphatic carboxylic acids is 1. The molecule has 0 aliphatic carbocycles. The Morgan fingerprint density at radius 1 is 1.58 bits per heavy atom. The van der Waals surface area contributed by atoms with Gasteiger partial charge in [-0.2, -0.15) is 0 Å². The number of nitro groups is 1. The average Bonchev–Trinajstić information content (AvgIpc) is 2.72. The summed E-state index contributed by atoms with van der Waals surface area (Å²) in [5, 5.41) is 19.8. The van der Waals surface area contributed by atoms with Gasteiger partial charge in [0, 0.05) is 12.6 Å². The van der Waals surface area contributed by atoms with E-state index in [4.69, 9.17) is 0 Å². The van der Waals surface area contributed by atoms with E-state index in [1.165, 1.54) is 24.0 Å². The van der Waals surface area contributed by atoms with Gasteiger partial charge in [-0.15, -0.1) is 0 Å². The van der Waals surface area contributed by atoms with E-state index in [0.717, 1.165) is 6.07 Å². The molecule has 6 nitrogen and oxygen atoms in total. The highest BCUT2D eigenvalue weighted by Crippen LogP contribution is 2.36. The summed E-state index contributed by atoms with van der Waals surface area (Å²) in [5.74, 6) is -1.80. The third kappa shape index (κ3) is 2.11. The molecule has 1 aliphatic heterocycles. The number of halogens is 1. The first-order valence-electron chi connectivity index (χ1n) is 5.81. The minimum Gasteiger partial charge on any atom is -0.480 e. The van der Waals surface area contributed by atoms with Gasteiger partial charge in [0.15, 0.2) is 5.82 Å². The second-order valence-electron chi connectivity index (χ2n) is 4.73. The van der Waals surface area contributed by atoms with E-state index in [1.54, 1.807) is 0 Å². The summed E-state index contributed by atoms with van der Waals surface area (Å²) in [6.45, 7) is 1.95. The van der Waals surface area contributed by atoms with E-state index in [-0.39, 0.29) is 11.4 Å². The largest absolute Gasteiger partial charge is 0.480 e. The zero-order valence-electron chi connectivity index (χ0n) is 10.3. The molecule has 1 fully saturated rings. The Morgan fingerprint density at radius 2 is 2.26 bits per heavy atom. The van der Waals surface area contributed by atoms with Crippen molar-refractivity contribution in [2.45, 2.75) is 25.3 Å². The summed E-state index contributed by atoms with van der Waals surface area (Å²) in [6, 6.07) is 3.26. The molecule has 0 spiro atoms. The van der Waals surface area contributed by atoms with E-state index in [0.29, 0.717) is 19.4 Å².